The van der Waals surface area contributed by atoms with E-state index in [0.29, 0.717) is 57.2 Å². The summed E-state index contributed by atoms with van der Waals surface area (Å²) in [4.78, 5) is 11.2. The monoisotopic (exact) mass is 554 g/mol. The Kier molecular flexibility index (Phi) is 8.74. The first-order valence-corrected chi connectivity index (χ1v) is 13.2. The third kappa shape index (κ3) is 6.23. The second-order valence-electron chi connectivity index (χ2n) is 9.22. The number of ether oxygens (including phenoxy) is 5. The van der Waals surface area contributed by atoms with Gasteiger partial charge in [0.15, 0.2) is 23.0 Å². The van der Waals surface area contributed by atoms with E-state index >= 15 is 0 Å². The van der Waals surface area contributed by atoms with Crippen LogP contribution in [0.3, 0.4) is 0 Å². The summed E-state index contributed by atoms with van der Waals surface area (Å²) in [5.74, 6) is 8.60. The number of benzene rings is 2. The number of aromatic nitrogens is 2. The van der Waals surface area contributed by atoms with E-state index < -0.39 is 0 Å². The van der Waals surface area contributed by atoms with Gasteiger partial charge in [-0.2, -0.15) is 0 Å². The van der Waals surface area contributed by atoms with E-state index in [4.69, 9.17) is 35.3 Å². The molecule has 2 aliphatic heterocycles. The molecular weight excluding hydrogens is 524 g/mol. The third-order valence-electron chi connectivity index (χ3n) is 6.63. The highest BCUT2D eigenvalue weighted by atomic mass is 35.5. The van der Waals surface area contributed by atoms with Gasteiger partial charge in [0.05, 0.1) is 35.9 Å². The molecule has 0 saturated carbocycles. The van der Waals surface area contributed by atoms with Crippen molar-refractivity contribution >= 4 is 34.0 Å². The molecule has 0 bridgehead atoms. The first-order valence-electron chi connectivity index (χ1n) is 12.8. The Balaban J connectivity index is 1.35. The number of nitrogens with one attached hydrogen (secondary N) is 1. The minimum atomic E-state index is -0.168. The summed E-state index contributed by atoms with van der Waals surface area (Å²) in [5, 5.41) is 14.1. The van der Waals surface area contributed by atoms with Crippen molar-refractivity contribution in [3.63, 3.8) is 0 Å². The number of rotatable bonds is 9. The number of aliphatic hydroxyl groups excluding tert-OH is 1. The van der Waals surface area contributed by atoms with Crippen molar-refractivity contribution in [2.24, 2.45) is 0 Å². The molecule has 11 heteroatoms. The van der Waals surface area contributed by atoms with Crippen LogP contribution >= 0.6 is 11.6 Å². The minimum Gasteiger partial charge on any atom is -0.493 e. The topological polar surface area (TPSA) is 107 Å². The molecule has 206 valence electrons. The van der Waals surface area contributed by atoms with Crippen LogP contribution in [-0.2, 0) is 4.74 Å². The summed E-state index contributed by atoms with van der Waals surface area (Å²) in [6.07, 6.45) is 3.83. The maximum atomic E-state index is 9.69. The molecule has 39 heavy (non-hydrogen) atoms. The Morgan fingerprint density at radius 1 is 1.13 bits per heavy atom. The van der Waals surface area contributed by atoms with Crippen molar-refractivity contribution in [3.05, 3.63) is 35.1 Å². The molecule has 5 rings (SSSR count). The van der Waals surface area contributed by atoms with E-state index in [-0.39, 0.29) is 19.5 Å². The van der Waals surface area contributed by atoms with E-state index in [9.17, 15) is 5.11 Å². The number of hydrogen-bond acceptors (Lipinski definition) is 10. The molecule has 3 heterocycles. The number of hydrogen-bond donors (Lipinski definition) is 2. The lowest BCUT2D eigenvalue weighted by Gasteiger charge is -2.29. The number of nitrogens with zero attached hydrogens (tertiary/aromatic N) is 3. The fourth-order valence-electron chi connectivity index (χ4n) is 4.62. The molecule has 0 amide bonds. The van der Waals surface area contributed by atoms with Crippen LogP contribution in [0.4, 0.5) is 11.5 Å². The van der Waals surface area contributed by atoms with Crippen LogP contribution in [0.25, 0.3) is 10.9 Å². The lowest BCUT2D eigenvalue weighted by atomic mass is 10.1. The zero-order chi connectivity index (χ0) is 27.2. The van der Waals surface area contributed by atoms with Crippen LogP contribution in [0.5, 0.6) is 23.0 Å². The summed E-state index contributed by atoms with van der Waals surface area (Å²) in [7, 11) is 3.18. The van der Waals surface area contributed by atoms with Crippen LogP contribution in [0.15, 0.2) is 24.5 Å². The Morgan fingerprint density at radius 2 is 1.95 bits per heavy atom. The van der Waals surface area contributed by atoms with Crippen LogP contribution in [0.2, 0.25) is 5.02 Å². The Bertz CT molecular complexity index is 1380. The highest BCUT2D eigenvalue weighted by Gasteiger charge is 2.25. The van der Waals surface area contributed by atoms with Crippen LogP contribution in [-0.4, -0.2) is 79.9 Å². The molecule has 2 N–H and O–H groups in total. The number of halogens is 1. The van der Waals surface area contributed by atoms with Gasteiger partial charge in [-0.15, -0.1) is 0 Å². The van der Waals surface area contributed by atoms with E-state index in [1.165, 1.54) is 6.33 Å². The minimum absolute atomic E-state index is 0.0576. The second kappa shape index (κ2) is 12.6. The molecule has 2 aromatic carbocycles. The number of piperidine rings is 1. The zero-order valence-corrected chi connectivity index (χ0v) is 22.7. The van der Waals surface area contributed by atoms with Crippen molar-refractivity contribution in [2.75, 3.05) is 59.2 Å². The fraction of sp³-hybridized carbons (Fsp3) is 0.429. The van der Waals surface area contributed by atoms with Gasteiger partial charge in [-0.3, -0.25) is 0 Å². The van der Waals surface area contributed by atoms with Crippen molar-refractivity contribution in [2.45, 2.75) is 25.4 Å². The number of aliphatic hydroxyl groups is 1. The lowest BCUT2D eigenvalue weighted by Crippen LogP contribution is -2.36. The Hall–Kier alpha value is -3.49. The summed E-state index contributed by atoms with van der Waals surface area (Å²) < 4.78 is 28.1. The Morgan fingerprint density at radius 3 is 2.74 bits per heavy atom. The fourth-order valence-corrected chi connectivity index (χ4v) is 4.86. The molecule has 0 aliphatic carbocycles. The number of fused-ring (bicyclic) bond motifs is 2. The van der Waals surface area contributed by atoms with Gasteiger partial charge < -0.3 is 39.0 Å². The van der Waals surface area contributed by atoms with E-state index in [0.717, 1.165) is 44.3 Å². The SMILES string of the molecule is COCC#Cc1cc(Cl)c(Nc2ncnc3cc(OCCCN4CCC(O)CC4)c(OC)cc23)c2c1OCO2. The van der Waals surface area contributed by atoms with Crippen LogP contribution in [0.1, 0.15) is 24.8 Å². The highest BCUT2D eigenvalue weighted by molar-refractivity contribution is 6.34. The van der Waals surface area contributed by atoms with Gasteiger partial charge in [0.25, 0.3) is 0 Å². The van der Waals surface area contributed by atoms with Gasteiger partial charge in [-0.1, -0.05) is 23.4 Å². The van der Waals surface area contributed by atoms with Gasteiger partial charge >= 0.3 is 0 Å². The molecule has 1 fully saturated rings. The smallest absolute Gasteiger partial charge is 0.231 e. The van der Waals surface area contributed by atoms with Gasteiger partial charge in [0, 0.05) is 38.2 Å². The van der Waals surface area contributed by atoms with Crippen molar-refractivity contribution in [1.82, 2.24) is 14.9 Å². The van der Waals surface area contributed by atoms with E-state index in [1.807, 2.05) is 12.1 Å². The lowest BCUT2D eigenvalue weighted by molar-refractivity contribution is 0.0799. The van der Waals surface area contributed by atoms with E-state index in [2.05, 4.69) is 32.0 Å². The Labute approximate surface area is 232 Å². The summed E-state index contributed by atoms with van der Waals surface area (Å²) >= 11 is 6.64. The normalized spacial score (nSPS) is 15.2. The molecule has 2 aliphatic rings. The van der Waals surface area contributed by atoms with Gasteiger partial charge in [0.1, 0.15) is 24.4 Å². The first-order chi connectivity index (χ1) is 19.1. The quantitative estimate of drug-likeness (QED) is 0.298. The third-order valence-corrected chi connectivity index (χ3v) is 6.93. The van der Waals surface area contributed by atoms with Gasteiger partial charge in [-0.25, -0.2) is 9.97 Å². The average molecular weight is 555 g/mol. The van der Waals surface area contributed by atoms with Gasteiger partial charge in [0.2, 0.25) is 6.79 Å². The molecule has 10 nitrogen and oxygen atoms in total. The molecule has 3 aromatic rings. The van der Waals surface area contributed by atoms with Gasteiger partial charge in [-0.05, 0) is 31.4 Å². The number of anilines is 2. The van der Waals surface area contributed by atoms with Crippen molar-refractivity contribution < 1.29 is 28.8 Å². The largest absolute Gasteiger partial charge is 0.493 e. The predicted molar refractivity (Wildman–Crippen MR) is 147 cm³/mol. The van der Waals surface area contributed by atoms with Crippen LogP contribution < -0.4 is 24.3 Å². The summed E-state index contributed by atoms with van der Waals surface area (Å²) in [6.45, 7) is 3.64. The molecule has 0 radical (unpaired) electrons. The maximum absolute atomic E-state index is 9.69. The molecule has 0 atom stereocenters. The highest BCUT2D eigenvalue weighted by Crippen LogP contribution is 2.47. The second-order valence-corrected chi connectivity index (χ2v) is 9.63. The predicted octanol–water partition coefficient (Wildman–Crippen LogP) is 3.99. The zero-order valence-electron chi connectivity index (χ0n) is 22.0. The number of methoxy groups -OCH3 is 2. The van der Waals surface area contributed by atoms with Crippen LogP contribution in [0, 0.1) is 11.8 Å². The average Bonchev–Trinajstić information content (AvgIpc) is 3.44. The van der Waals surface area contributed by atoms with Crippen molar-refractivity contribution in [1.29, 1.82) is 0 Å². The first kappa shape index (κ1) is 27.1. The standard InChI is InChI=1S/C28H31ClN4O6/c1-35-11-3-5-18-13-21(29)25(27-26(18)38-17-39-27)32-28-20-14-23(36-2)24(15-22(20)30-16-31-28)37-12-4-8-33-9-6-19(34)7-10-33/h13-16,19,34H,4,6-12,17H2,1-2H3,(H,30,31,32). The van der Waals surface area contributed by atoms with Crippen molar-refractivity contribution in [3.8, 4) is 34.8 Å². The molecule has 0 spiro atoms. The maximum Gasteiger partial charge on any atom is 0.231 e. The summed E-state index contributed by atoms with van der Waals surface area (Å²) in [6, 6.07) is 5.41. The van der Waals surface area contributed by atoms with E-state index in [1.54, 1.807) is 20.3 Å². The molecule has 1 saturated heterocycles. The molecular formula is C28H31ClN4O6. The summed E-state index contributed by atoms with van der Waals surface area (Å²) in [5.41, 5.74) is 1.82. The molecule has 1 aromatic heterocycles. The molecule has 0 unspecified atom stereocenters. The number of likely N-dealkylation sites (tertiary alicyclic amines) is 1.